The van der Waals surface area contributed by atoms with E-state index in [9.17, 15) is 4.21 Å². The molecule has 0 aliphatic carbocycles. The Kier molecular flexibility index (Phi) is 5.33. The summed E-state index contributed by atoms with van der Waals surface area (Å²) in [6.07, 6.45) is 3.79. The summed E-state index contributed by atoms with van der Waals surface area (Å²) in [7, 11) is 1.20. The Morgan fingerprint density at radius 2 is 2.12 bits per heavy atom. The van der Waals surface area contributed by atoms with Gasteiger partial charge in [-0.2, -0.15) is 5.10 Å². The second-order valence-electron chi connectivity index (χ2n) is 4.89. The fourth-order valence-electron chi connectivity index (χ4n) is 1.87. The topological polar surface area (TPSA) is 46.9 Å². The zero-order valence-electron chi connectivity index (χ0n) is 11.4. The zero-order valence-corrected chi connectivity index (χ0v) is 12.2. The summed E-state index contributed by atoms with van der Waals surface area (Å²) < 4.78 is 13.0. The van der Waals surface area contributed by atoms with Crippen LogP contribution in [0.2, 0.25) is 0 Å². The maximum atomic E-state index is 11.1. The molecule has 1 heterocycles. The lowest BCUT2D eigenvalue weighted by Crippen LogP contribution is -2.30. The van der Waals surface area contributed by atoms with E-state index >= 15 is 0 Å². The van der Waals surface area contributed by atoms with E-state index in [4.69, 9.17) is 0 Å². The molecule has 0 saturated heterocycles. The van der Waals surface area contributed by atoms with Crippen LogP contribution in [0.4, 0.5) is 0 Å². The molecule has 2 atom stereocenters. The molecule has 1 aromatic heterocycles. The lowest BCUT2D eigenvalue weighted by molar-refractivity contribution is 0.583. The second-order valence-corrected chi connectivity index (χ2v) is 6.37. The molecule has 4 nitrogen and oxygen atoms in total. The highest BCUT2D eigenvalue weighted by Crippen LogP contribution is 2.16. The molecule has 17 heavy (non-hydrogen) atoms. The van der Waals surface area contributed by atoms with E-state index < -0.39 is 10.8 Å². The summed E-state index contributed by atoms with van der Waals surface area (Å²) in [5, 5.41) is 7.86. The molecule has 5 heteroatoms. The van der Waals surface area contributed by atoms with Crippen molar-refractivity contribution in [2.24, 2.45) is 7.05 Å². The highest BCUT2D eigenvalue weighted by molar-refractivity contribution is 7.84. The highest BCUT2D eigenvalue weighted by Gasteiger charge is 2.12. The van der Waals surface area contributed by atoms with Crippen molar-refractivity contribution in [1.29, 1.82) is 0 Å². The second kappa shape index (κ2) is 6.31. The van der Waals surface area contributed by atoms with Gasteiger partial charge in [-0.3, -0.25) is 8.89 Å². The van der Waals surface area contributed by atoms with Crippen LogP contribution in [0, 0.1) is 0 Å². The van der Waals surface area contributed by atoms with Gasteiger partial charge < -0.3 is 5.32 Å². The molecular weight excluding hydrogens is 234 g/mol. The van der Waals surface area contributed by atoms with Crippen LogP contribution in [0.1, 0.15) is 37.9 Å². The third-order valence-electron chi connectivity index (χ3n) is 2.61. The van der Waals surface area contributed by atoms with Gasteiger partial charge in [0.25, 0.3) is 0 Å². The average Bonchev–Trinajstić information content (AvgIpc) is 2.55. The Morgan fingerprint density at radius 1 is 1.47 bits per heavy atom. The number of hydrogen-bond acceptors (Lipinski definition) is 3. The van der Waals surface area contributed by atoms with Gasteiger partial charge in [0, 0.05) is 54.2 Å². The average molecular weight is 257 g/mol. The van der Waals surface area contributed by atoms with E-state index in [1.54, 1.807) is 6.26 Å². The molecule has 2 unspecified atom stereocenters. The minimum absolute atomic E-state index is 0.265. The Morgan fingerprint density at radius 3 is 2.65 bits per heavy atom. The molecule has 1 aromatic rings. The molecule has 0 amide bonds. The Bertz CT molecular complexity index is 387. The van der Waals surface area contributed by atoms with Crippen molar-refractivity contribution in [3.8, 4) is 0 Å². The summed E-state index contributed by atoms with van der Waals surface area (Å²) in [5.74, 6) is 1.13. The number of nitrogens with zero attached hydrogens (tertiary/aromatic N) is 2. The maximum Gasteiger partial charge on any atom is 0.0694 e. The molecule has 0 radical (unpaired) electrons. The fourth-order valence-corrected chi connectivity index (χ4v) is 2.69. The zero-order chi connectivity index (χ0) is 13.0. The van der Waals surface area contributed by atoms with Crippen molar-refractivity contribution >= 4 is 10.8 Å². The molecule has 0 aliphatic rings. The highest BCUT2D eigenvalue weighted by atomic mass is 32.2. The molecule has 1 N–H and O–H groups in total. The number of aryl methyl sites for hydroxylation is 1. The van der Waals surface area contributed by atoms with Crippen molar-refractivity contribution in [3.63, 3.8) is 0 Å². The van der Waals surface area contributed by atoms with Gasteiger partial charge >= 0.3 is 0 Å². The summed E-state index contributed by atoms with van der Waals surface area (Å²) in [5.41, 5.74) is 2.38. The van der Waals surface area contributed by atoms with Crippen molar-refractivity contribution in [2.75, 3.05) is 12.0 Å². The number of rotatable bonds is 6. The summed E-state index contributed by atoms with van der Waals surface area (Å²) in [4.78, 5) is 0. The molecule has 0 spiro atoms. The van der Waals surface area contributed by atoms with Crippen molar-refractivity contribution in [3.05, 3.63) is 17.5 Å². The number of hydrogen-bond donors (Lipinski definition) is 1. The summed E-state index contributed by atoms with van der Waals surface area (Å²) >= 11 is 0. The molecular formula is C12H23N3OS. The Hall–Kier alpha value is -0.680. The van der Waals surface area contributed by atoms with Gasteiger partial charge in [0.15, 0.2) is 0 Å². The summed E-state index contributed by atoms with van der Waals surface area (Å²) in [6, 6.07) is 0.265. The van der Waals surface area contributed by atoms with Crippen LogP contribution in [0.3, 0.4) is 0 Å². The standard InChI is InChI=1S/C12H23N3OS/c1-9(2)12-11(7-15(4)14-12)6-13-10(3)8-17(5)16/h7,9-10,13H,6,8H2,1-5H3. The quantitative estimate of drug-likeness (QED) is 0.838. The van der Waals surface area contributed by atoms with Gasteiger partial charge in [-0.05, 0) is 12.8 Å². The van der Waals surface area contributed by atoms with Gasteiger partial charge in [-0.15, -0.1) is 0 Å². The molecule has 98 valence electrons. The molecule has 0 saturated carbocycles. The molecule has 0 bridgehead atoms. The van der Waals surface area contributed by atoms with Crippen LogP contribution in [0.25, 0.3) is 0 Å². The van der Waals surface area contributed by atoms with E-state index in [1.165, 1.54) is 5.56 Å². The van der Waals surface area contributed by atoms with Crippen LogP contribution in [0.15, 0.2) is 6.20 Å². The largest absolute Gasteiger partial charge is 0.309 e. The first-order valence-corrected chi connectivity index (χ1v) is 7.68. The normalized spacial score (nSPS) is 15.2. The summed E-state index contributed by atoms with van der Waals surface area (Å²) in [6.45, 7) is 7.15. The predicted molar refractivity (Wildman–Crippen MR) is 72.5 cm³/mol. The maximum absolute atomic E-state index is 11.1. The smallest absolute Gasteiger partial charge is 0.0694 e. The third kappa shape index (κ3) is 4.60. The van der Waals surface area contributed by atoms with Crippen molar-refractivity contribution in [1.82, 2.24) is 15.1 Å². The molecule has 1 rings (SSSR count). The first kappa shape index (κ1) is 14.4. The Labute approximate surface area is 106 Å². The lowest BCUT2D eigenvalue weighted by Gasteiger charge is -2.12. The van der Waals surface area contributed by atoms with Crippen LogP contribution < -0.4 is 5.32 Å². The number of aromatic nitrogens is 2. The SMILES string of the molecule is CC(CS(C)=O)NCc1cn(C)nc1C(C)C. The van der Waals surface area contributed by atoms with E-state index in [0.29, 0.717) is 11.7 Å². The van der Waals surface area contributed by atoms with Gasteiger partial charge in [0.2, 0.25) is 0 Å². The van der Waals surface area contributed by atoms with Crippen LogP contribution in [-0.4, -0.2) is 32.0 Å². The first-order chi connectivity index (χ1) is 7.90. The van der Waals surface area contributed by atoms with E-state index in [1.807, 2.05) is 11.7 Å². The van der Waals surface area contributed by atoms with Gasteiger partial charge in [0.1, 0.15) is 0 Å². The predicted octanol–water partition coefficient (Wildman–Crippen LogP) is 1.40. The molecule has 0 fully saturated rings. The molecule has 0 aromatic carbocycles. The van der Waals surface area contributed by atoms with Gasteiger partial charge in [-0.1, -0.05) is 13.8 Å². The Balaban J connectivity index is 2.59. The third-order valence-corrected chi connectivity index (χ3v) is 3.58. The molecule has 0 aliphatic heterocycles. The van der Waals surface area contributed by atoms with Crippen LogP contribution >= 0.6 is 0 Å². The van der Waals surface area contributed by atoms with E-state index in [-0.39, 0.29) is 6.04 Å². The fraction of sp³-hybridized carbons (Fsp3) is 0.750. The van der Waals surface area contributed by atoms with Crippen molar-refractivity contribution in [2.45, 2.75) is 39.3 Å². The van der Waals surface area contributed by atoms with Gasteiger partial charge in [-0.25, -0.2) is 0 Å². The van der Waals surface area contributed by atoms with Gasteiger partial charge in [0.05, 0.1) is 5.69 Å². The minimum atomic E-state index is -0.746. The monoisotopic (exact) mass is 257 g/mol. The van der Waals surface area contributed by atoms with E-state index in [2.05, 4.69) is 37.4 Å². The number of nitrogens with one attached hydrogen (secondary N) is 1. The first-order valence-electron chi connectivity index (χ1n) is 5.96. The van der Waals surface area contributed by atoms with E-state index in [0.717, 1.165) is 12.2 Å². The van der Waals surface area contributed by atoms with Crippen LogP contribution in [0.5, 0.6) is 0 Å². The lowest BCUT2D eigenvalue weighted by atomic mass is 10.1. The minimum Gasteiger partial charge on any atom is -0.309 e. The van der Waals surface area contributed by atoms with Crippen molar-refractivity contribution < 1.29 is 4.21 Å². The van der Waals surface area contributed by atoms with Crippen LogP contribution in [-0.2, 0) is 24.4 Å².